The topological polar surface area (TPSA) is 99.7 Å². The number of ether oxygens (including phenoxy) is 2. The van der Waals surface area contributed by atoms with Gasteiger partial charge >= 0.3 is 11.7 Å². The average Bonchev–Trinajstić information content (AvgIpc) is 3.17. The number of hydrogen-bond donors (Lipinski definition) is 0. The lowest BCUT2D eigenvalue weighted by atomic mass is 10.1. The molecule has 1 aromatic carbocycles. The maximum Gasteiger partial charge on any atom is 0.329 e. The van der Waals surface area contributed by atoms with E-state index in [9.17, 15) is 14.9 Å². The fourth-order valence-corrected chi connectivity index (χ4v) is 2.98. The molecule has 26 heavy (non-hydrogen) atoms. The monoisotopic (exact) mass is 360 g/mol. The van der Waals surface area contributed by atoms with Gasteiger partial charge in [-0.25, -0.2) is 9.78 Å². The number of aromatic nitrogens is 2. The third-order valence-electron chi connectivity index (χ3n) is 4.52. The van der Waals surface area contributed by atoms with Crippen LogP contribution in [0.2, 0.25) is 0 Å². The van der Waals surface area contributed by atoms with Crippen LogP contribution in [0.4, 0.5) is 10.5 Å². The predicted molar refractivity (Wildman–Crippen MR) is 93.3 cm³/mol. The van der Waals surface area contributed by atoms with Gasteiger partial charge in [0.15, 0.2) is 5.75 Å². The minimum Gasteiger partial charge on any atom is -0.490 e. The Bertz CT molecular complexity index is 813. The van der Waals surface area contributed by atoms with Crippen LogP contribution in [0.3, 0.4) is 0 Å². The van der Waals surface area contributed by atoms with E-state index in [0.29, 0.717) is 24.5 Å². The van der Waals surface area contributed by atoms with Crippen molar-refractivity contribution in [2.75, 3.05) is 27.4 Å². The fraction of sp³-hybridized carbons (Fsp3) is 0.412. The molecule has 1 fully saturated rings. The molecule has 0 saturated carbocycles. The van der Waals surface area contributed by atoms with Crippen molar-refractivity contribution in [1.29, 1.82) is 0 Å². The molecule has 2 aromatic rings. The second-order valence-corrected chi connectivity index (χ2v) is 6.05. The van der Waals surface area contributed by atoms with Crippen LogP contribution >= 0.6 is 0 Å². The lowest BCUT2D eigenvalue weighted by molar-refractivity contribution is -0.385. The summed E-state index contributed by atoms with van der Waals surface area (Å²) < 4.78 is 11.7. The first-order valence-corrected chi connectivity index (χ1v) is 8.23. The van der Waals surface area contributed by atoms with E-state index in [1.165, 1.54) is 30.1 Å². The van der Waals surface area contributed by atoms with Crippen molar-refractivity contribution in [3.05, 3.63) is 40.8 Å². The first-order chi connectivity index (χ1) is 12.5. The molecule has 0 aliphatic carbocycles. The van der Waals surface area contributed by atoms with E-state index in [1.54, 1.807) is 24.2 Å². The number of hydrogen-bond acceptors (Lipinski definition) is 6. The van der Waals surface area contributed by atoms with Gasteiger partial charge in [0.1, 0.15) is 6.33 Å². The van der Waals surface area contributed by atoms with Gasteiger partial charge in [0.05, 0.1) is 17.7 Å². The van der Waals surface area contributed by atoms with Crippen molar-refractivity contribution in [1.82, 2.24) is 14.5 Å². The van der Waals surface area contributed by atoms with Crippen molar-refractivity contribution in [3.63, 3.8) is 0 Å². The number of benzene rings is 1. The van der Waals surface area contributed by atoms with E-state index in [0.717, 1.165) is 12.8 Å². The first-order valence-electron chi connectivity index (χ1n) is 8.23. The van der Waals surface area contributed by atoms with E-state index < -0.39 is 4.92 Å². The van der Waals surface area contributed by atoms with Crippen molar-refractivity contribution in [3.8, 4) is 17.0 Å². The second-order valence-electron chi connectivity index (χ2n) is 6.05. The van der Waals surface area contributed by atoms with Crippen molar-refractivity contribution in [2.24, 2.45) is 0 Å². The summed E-state index contributed by atoms with van der Waals surface area (Å²) in [6, 6.07) is 4.51. The van der Waals surface area contributed by atoms with Crippen molar-refractivity contribution in [2.45, 2.75) is 18.9 Å². The first kappa shape index (κ1) is 17.9. The van der Waals surface area contributed by atoms with Crippen molar-refractivity contribution >= 4 is 11.7 Å². The number of nitro benzene ring substituents is 1. The molecule has 9 nitrogen and oxygen atoms in total. The van der Waals surface area contributed by atoms with E-state index >= 15 is 0 Å². The summed E-state index contributed by atoms with van der Waals surface area (Å²) in [6.45, 7) is 1.29. The number of imidazole rings is 1. The Morgan fingerprint density at radius 1 is 1.42 bits per heavy atom. The smallest absolute Gasteiger partial charge is 0.329 e. The molecule has 1 aliphatic heterocycles. The summed E-state index contributed by atoms with van der Waals surface area (Å²) in [7, 11) is 3.14. The Labute approximate surface area is 150 Å². The van der Waals surface area contributed by atoms with Crippen LogP contribution in [0, 0.1) is 10.1 Å². The fourth-order valence-electron chi connectivity index (χ4n) is 2.98. The molecule has 3 rings (SSSR count). The maximum absolute atomic E-state index is 12.6. The Balaban J connectivity index is 1.82. The van der Waals surface area contributed by atoms with E-state index in [4.69, 9.17) is 9.47 Å². The zero-order chi connectivity index (χ0) is 18.7. The molecule has 2 heterocycles. The van der Waals surface area contributed by atoms with Crippen LogP contribution in [0.5, 0.6) is 5.75 Å². The second kappa shape index (κ2) is 7.52. The van der Waals surface area contributed by atoms with Gasteiger partial charge in [-0.05, 0) is 25.0 Å². The lowest BCUT2D eigenvalue weighted by Crippen LogP contribution is -2.42. The number of carbonyl (C=O) groups excluding carboxylic acids is 1. The Morgan fingerprint density at radius 3 is 2.81 bits per heavy atom. The number of rotatable bonds is 4. The normalized spacial score (nSPS) is 14.8. The summed E-state index contributed by atoms with van der Waals surface area (Å²) in [5, 5.41) is 11.2. The molecule has 0 N–H and O–H groups in total. The van der Waals surface area contributed by atoms with Gasteiger partial charge in [0.25, 0.3) is 0 Å². The molecule has 138 valence electrons. The summed E-state index contributed by atoms with van der Waals surface area (Å²) in [6.07, 6.45) is 4.59. The summed E-state index contributed by atoms with van der Waals surface area (Å²) in [4.78, 5) is 29.2. The number of nitrogens with zero attached hydrogens (tertiary/aromatic N) is 4. The molecule has 0 bridgehead atoms. The molecular weight excluding hydrogens is 340 g/mol. The highest BCUT2D eigenvalue weighted by molar-refractivity contribution is 5.78. The third-order valence-corrected chi connectivity index (χ3v) is 4.52. The number of amides is 1. The summed E-state index contributed by atoms with van der Waals surface area (Å²) in [5.41, 5.74) is 0.868. The van der Waals surface area contributed by atoms with Crippen molar-refractivity contribution < 1.29 is 19.2 Å². The molecule has 1 saturated heterocycles. The third kappa shape index (κ3) is 3.52. The lowest BCUT2D eigenvalue weighted by Gasteiger charge is -2.30. The highest BCUT2D eigenvalue weighted by atomic mass is 16.6. The van der Waals surface area contributed by atoms with Crippen LogP contribution in [-0.2, 0) is 4.74 Å². The minimum atomic E-state index is -0.511. The van der Waals surface area contributed by atoms with Crippen LogP contribution < -0.4 is 4.74 Å². The van der Waals surface area contributed by atoms with Crippen LogP contribution in [0.25, 0.3) is 11.3 Å². The molecule has 0 unspecified atom stereocenters. The number of nitro groups is 1. The molecule has 1 aromatic heterocycles. The number of methoxy groups -OCH3 is 1. The highest BCUT2D eigenvalue weighted by Gasteiger charge is 2.24. The highest BCUT2D eigenvalue weighted by Crippen LogP contribution is 2.31. The SMILES string of the molecule is COc1ccc(-c2cn(C(=O)N(C)C3CCOCC3)cn2)cc1[N+](=O)[O-]. The van der Waals surface area contributed by atoms with Crippen LogP contribution in [0.15, 0.2) is 30.7 Å². The zero-order valence-electron chi connectivity index (χ0n) is 14.6. The summed E-state index contributed by atoms with van der Waals surface area (Å²) in [5.74, 6) is 0.175. The van der Waals surface area contributed by atoms with E-state index in [-0.39, 0.29) is 23.5 Å². The largest absolute Gasteiger partial charge is 0.490 e. The molecular formula is C17H20N4O5. The predicted octanol–water partition coefficient (Wildman–Crippen LogP) is 2.55. The maximum atomic E-state index is 12.6. The molecule has 0 radical (unpaired) electrons. The van der Waals surface area contributed by atoms with Gasteiger partial charge < -0.3 is 14.4 Å². The molecule has 9 heteroatoms. The molecule has 0 spiro atoms. The Hall–Kier alpha value is -2.94. The molecule has 1 aliphatic rings. The van der Waals surface area contributed by atoms with E-state index in [1.807, 2.05) is 0 Å². The standard InChI is InChI=1S/C17H20N4O5/c1-19(13-5-7-26-8-6-13)17(22)20-10-14(18-11-20)12-3-4-16(25-2)15(9-12)21(23)24/h3-4,9-11,13H,5-8H2,1-2H3. The van der Waals surface area contributed by atoms with Gasteiger partial charge in [-0.2, -0.15) is 0 Å². The summed E-state index contributed by atoms with van der Waals surface area (Å²) >= 11 is 0. The Kier molecular flexibility index (Phi) is 5.17. The van der Waals surface area contributed by atoms with Gasteiger partial charge in [-0.1, -0.05) is 0 Å². The zero-order valence-corrected chi connectivity index (χ0v) is 14.6. The van der Waals surface area contributed by atoms with Crippen LogP contribution in [-0.4, -0.2) is 58.8 Å². The minimum absolute atomic E-state index is 0.129. The number of carbonyl (C=O) groups is 1. The van der Waals surface area contributed by atoms with Gasteiger partial charge in [-0.3, -0.25) is 14.7 Å². The van der Waals surface area contributed by atoms with Gasteiger partial charge in [0.2, 0.25) is 0 Å². The molecule has 1 amide bonds. The van der Waals surface area contributed by atoms with Crippen LogP contribution in [0.1, 0.15) is 12.8 Å². The van der Waals surface area contributed by atoms with Gasteiger partial charge in [0, 0.05) is 44.1 Å². The van der Waals surface area contributed by atoms with E-state index in [2.05, 4.69) is 4.98 Å². The van der Waals surface area contributed by atoms with Gasteiger partial charge in [-0.15, -0.1) is 0 Å². The Morgan fingerprint density at radius 2 is 2.15 bits per heavy atom. The molecule has 0 atom stereocenters. The average molecular weight is 360 g/mol. The quantitative estimate of drug-likeness (QED) is 0.614.